The van der Waals surface area contributed by atoms with Crippen LogP contribution in [0.4, 0.5) is 4.79 Å². The van der Waals surface area contributed by atoms with E-state index >= 15 is 0 Å². The monoisotopic (exact) mass is 434 g/mol. The molecule has 2 aromatic carbocycles. The van der Waals surface area contributed by atoms with Crippen molar-refractivity contribution in [1.29, 1.82) is 0 Å². The molecule has 0 heterocycles. The van der Waals surface area contributed by atoms with E-state index in [4.69, 9.17) is 9.84 Å². The maximum atomic E-state index is 12.5. The van der Waals surface area contributed by atoms with Gasteiger partial charge in [-0.1, -0.05) is 48.5 Å². The zero-order valence-electron chi connectivity index (χ0n) is 17.6. The molecule has 0 radical (unpaired) electrons. The van der Waals surface area contributed by atoms with E-state index in [2.05, 4.69) is 34.9 Å². The molecule has 2 saturated carbocycles. The van der Waals surface area contributed by atoms with E-state index in [1.165, 1.54) is 22.3 Å². The lowest BCUT2D eigenvalue weighted by atomic mass is 9.71. The normalized spacial score (nSPS) is 25.1. The van der Waals surface area contributed by atoms with E-state index in [9.17, 15) is 14.4 Å². The predicted octanol–water partition coefficient (Wildman–Crippen LogP) is 3.14. The van der Waals surface area contributed by atoms with Gasteiger partial charge in [0.2, 0.25) is 5.91 Å². The van der Waals surface area contributed by atoms with Crippen molar-refractivity contribution in [2.75, 3.05) is 13.2 Å². The van der Waals surface area contributed by atoms with Gasteiger partial charge in [-0.05, 0) is 53.4 Å². The van der Waals surface area contributed by atoms with Gasteiger partial charge in [0.1, 0.15) is 13.2 Å². The summed E-state index contributed by atoms with van der Waals surface area (Å²) >= 11 is 0. The molecule has 3 aliphatic rings. The molecule has 0 aromatic heterocycles. The number of hydrogen-bond acceptors (Lipinski definition) is 4. The number of carboxylic acids is 1. The van der Waals surface area contributed by atoms with Gasteiger partial charge in [-0.3, -0.25) is 9.59 Å². The van der Waals surface area contributed by atoms with Crippen LogP contribution >= 0.6 is 0 Å². The molecule has 0 aliphatic heterocycles. The molecule has 3 aliphatic carbocycles. The van der Waals surface area contributed by atoms with Crippen molar-refractivity contribution in [3.05, 3.63) is 59.7 Å². The van der Waals surface area contributed by atoms with Crippen LogP contribution in [0.2, 0.25) is 0 Å². The number of hydrogen-bond donors (Lipinski definition) is 3. The topological polar surface area (TPSA) is 105 Å². The van der Waals surface area contributed by atoms with E-state index in [1.54, 1.807) is 0 Å². The number of ether oxygens (including phenoxy) is 1. The molecule has 2 fully saturated rings. The van der Waals surface area contributed by atoms with Crippen LogP contribution in [0.15, 0.2) is 48.5 Å². The van der Waals surface area contributed by atoms with Crippen molar-refractivity contribution >= 4 is 18.0 Å². The first kappa shape index (κ1) is 20.5. The van der Waals surface area contributed by atoms with Gasteiger partial charge in [0.25, 0.3) is 0 Å². The number of nitrogens with one attached hydrogen (secondary N) is 2. The molecule has 166 valence electrons. The second kappa shape index (κ2) is 8.30. The van der Waals surface area contributed by atoms with Gasteiger partial charge in [0.05, 0.1) is 0 Å². The van der Waals surface area contributed by atoms with E-state index in [-0.39, 0.29) is 42.9 Å². The Morgan fingerprint density at radius 3 is 2.25 bits per heavy atom. The van der Waals surface area contributed by atoms with E-state index in [0.717, 1.165) is 12.8 Å². The lowest BCUT2D eigenvalue weighted by Gasteiger charge is -2.40. The quantitative estimate of drug-likeness (QED) is 0.648. The van der Waals surface area contributed by atoms with Crippen LogP contribution in [0.25, 0.3) is 11.1 Å². The molecule has 0 saturated heterocycles. The standard InChI is InChI=1S/C25H26N2O5/c28-23(29)12-26-24(30)15-9-14-11-22(20(14)10-15)27-25(31)32-13-21-18-7-3-1-5-16(18)17-6-2-4-8-19(17)21/h1-8,14-15,20-22H,9-13H2,(H,26,30)(H,27,31)(H,28,29)/t14-,15?,20-,22+/m1/s1. The fraction of sp³-hybridized carbons (Fsp3) is 0.400. The Morgan fingerprint density at radius 1 is 0.938 bits per heavy atom. The summed E-state index contributed by atoms with van der Waals surface area (Å²) in [6.07, 6.45) is 1.83. The van der Waals surface area contributed by atoms with E-state index in [1.807, 2.05) is 24.3 Å². The van der Waals surface area contributed by atoms with Crippen LogP contribution in [0.1, 0.15) is 36.3 Å². The molecular weight excluding hydrogens is 408 g/mol. The van der Waals surface area contributed by atoms with Crippen molar-refractivity contribution in [2.24, 2.45) is 17.8 Å². The van der Waals surface area contributed by atoms with Crippen LogP contribution < -0.4 is 10.6 Å². The highest BCUT2D eigenvalue weighted by Crippen LogP contribution is 2.50. The number of rotatable bonds is 6. The molecule has 2 amide bonds. The third-order valence-electron chi connectivity index (χ3n) is 7.25. The minimum absolute atomic E-state index is 0.00734. The van der Waals surface area contributed by atoms with Crippen LogP contribution in [0.5, 0.6) is 0 Å². The van der Waals surface area contributed by atoms with Crippen molar-refractivity contribution in [3.63, 3.8) is 0 Å². The third-order valence-corrected chi connectivity index (χ3v) is 7.25. The van der Waals surface area contributed by atoms with Crippen LogP contribution in [0.3, 0.4) is 0 Å². The number of fused-ring (bicyclic) bond motifs is 4. The average Bonchev–Trinajstić information content (AvgIpc) is 3.29. The first-order valence-corrected chi connectivity index (χ1v) is 11.1. The smallest absolute Gasteiger partial charge is 0.407 e. The third kappa shape index (κ3) is 3.72. The molecule has 2 aromatic rings. The number of carboxylic acid groups (broad SMARTS) is 1. The van der Waals surface area contributed by atoms with Crippen molar-refractivity contribution in [1.82, 2.24) is 10.6 Å². The van der Waals surface area contributed by atoms with Gasteiger partial charge in [0, 0.05) is 17.9 Å². The zero-order chi connectivity index (χ0) is 22.2. The molecule has 7 heteroatoms. The van der Waals surface area contributed by atoms with Gasteiger partial charge in [-0.2, -0.15) is 0 Å². The van der Waals surface area contributed by atoms with Gasteiger partial charge in [-0.25, -0.2) is 4.79 Å². The number of alkyl carbamates (subject to hydrolysis) is 1. The van der Waals surface area contributed by atoms with Crippen LogP contribution in [-0.4, -0.2) is 42.3 Å². The van der Waals surface area contributed by atoms with Gasteiger partial charge < -0.3 is 20.5 Å². The molecule has 1 unspecified atom stereocenters. The number of carbonyl (C=O) groups excluding carboxylic acids is 2. The highest BCUT2D eigenvalue weighted by Gasteiger charge is 2.50. The maximum absolute atomic E-state index is 12.5. The highest BCUT2D eigenvalue weighted by molar-refractivity contribution is 5.83. The number of benzene rings is 2. The number of carbonyl (C=O) groups is 3. The Bertz CT molecular complexity index is 1020. The van der Waals surface area contributed by atoms with Crippen molar-refractivity contribution in [2.45, 2.75) is 31.2 Å². The van der Waals surface area contributed by atoms with Gasteiger partial charge in [-0.15, -0.1) is 0 Å². The Hall–Kier alpha value is -3.35. The molecule has 4 atom stereocenters. The Morgan fingerprint density at radius 2 is 1.59 bits per heavy atom. The molecular formula is C25H26N2O5. The van der Waals surface area contributed by atoms with Crippen LogP contribution in [-0.2, 0) is 14.3 Å². The first-order valence-electron chi connectivity index (χ1n) is 11.1. The summed E-state index contributed by atoms with van der Waals surface area (Å²) in [5, 5.41) is 14.2. The molecule has 32 heavy (non-hydrogen) atoms. The summed E-state index contributed by atoms with van der Waals surface area (Å²) in [4.78, 5) is 35.3. The van der Waals surface area contributed by atoms with E-state index in [0.29, 0.717) is 12.3 Å². The fourth-order valence-corrected chi connectivity index (χ4v) is 5.70. The zero-order valence-corrected chi connectivity index (χ0v) is 17.6. The van der Waals surface area contributed by atoms with Gasteiger partial charge in [0.15, 0.2) is 0 Å². The Balaban J connectivity index is 1.15. The summed E-state index contributed by atoms with van der Waals surface area (Å²) < 4.78 is 5.64. The average molecular weight is 434 g/mol. The minimum atomic E-state index is -1.05. The predicted molar refractivity (Wildman–Crippen MR) is 117 cm³/mol. The fourth-order valence-electron chi connectivity index (χ4n) is 5.70. The summed E-state index contributed by atoms with van der Waals surface area (Å²) in [5.41, 5.74) is 4.74. The lowest BCUT2D eigenvalue weighted by molar-refractivity contribution is -0.138. The second-order valence-corrected chi connectivity index (χ2v) is 9.02. The molecule has 0 bridgehead atoms. The van der Waals surface area contributed by atoms with Crippen molar-refractivity contribution < 1.29 is 24.2 Å². The first-order chi connectivity index (χ1) is 15.5. The molecule has 5 rings (SSSR count). The SMILES string of the molecule is O=C(O)CNC(=O)C1C[C@@H]2C[C@H](NC(=O)OCC3c4ccccc4-c4ccccc43)[C@@H]2C1. The molecule has 0 spiro atoms. The number of amides is 2. The molecule has 3 N–H and O–H groups in total. The summed E-state index contributed by atoms with van der Waals surface area (Å²) in [6, 6.07) is 16.5. The van der Waals surface area contributed by atoms with Gasteiger partial charge >= 0.3 is 12.1 Å². The summed E-state index contributed by atoms with van der Waals surface area (Å²) in [5.74, 6) is -0.768. The summed E-state index contributed by atoms with van der Waals surface area (Å²) in [6.45, 7) is -0.0764. The second-order valence-electron chi connectivity index (χ2n) is 9.02. The number of aliphatic carboxylic acids is 1. The van der Waals surface area contributed by atoms with Crippen LogP contribution in [0, 0.1) is 17.8 Å². The maximum Gasteiger partial charge on any atom is 0.407 e. The largest absolute Gasteiger partial charge is 0.480 e. The minimum Gasteiger partial charge on any atom is -0.480 e. The Labute approximate surface area is 186 Å². The Kier molecular flexibility index (Phi) is 5.33. The molecule has 7 nitrogen and oxygen atoms in total. The highest BCUT2D eigenvalue weighted by atomic mass is 16.5. The van der Waals surface area contributed by atoms with E-state index < -0.39 is 12.1 Å². The summed E-state index contributed by atoms with van der Waals surface area (Å²) in [7, 11) is 0. The lowest BCUT2D eigenvalue weighted by Crippen LogP contribution is -2.50. The van der Waals surface area contributed by atoms with Crippen molar-refractivity contribution in [3.8, 4) is 11.1 Å².